The third-order valence-electron chi connectivity index (χ3n) is 2.40. The Balaban J connectivity index is -0.00000108. The molecule has 21 heavy (non-hydrogen) atoms. The first-order valence-corrected chi connectivity index (χ1v) is 6.01. The summed E-state index contributed by atoms with van der Waals surface area (Å²) in [6.45, 7) is 2.17. The van der Waals surface area contributed by atoms with Crippen molar-refractivity contribution >= 4 is 22.1 Å². The number of rotatable bonds is 3. The third-order valence-corrected chi connectivity index (χ3v) is 3.43. The van der Waals surface area contributed by atoms with Crippen molar-refractivity contribution in [3.8, 4) is 0 Å². The van der Waals surface area contributed by atoms with Gasteiger partial charge in [0, 0.05) is 11.1 Å². The van der Waals surface area contributed by atoms with Crippen LogP contribution in [0.4, 0.5) is 0 Å². The minimum atomic E-state index is -5.06. The molecule has 0 aliphatic heterocycles. The largest absolute Gasteiger partial charge is 1.00 e. The Bertz CT molecular complexity index is 655. The van der Waals surface area contributed by atoms with Crippen molar-refractivity contribution in [2.24, 2.45) is 0 Å². The van der Waals surface area contributed by atoms with Gasteiger partial charge in [0.1, 0.15) is 10.1 Å². The summed E-state index contributed by atoms with van der Waals surface area (Å²) in [7, 11) is -5.06. The standard InChI is InChI=1S/C10H10O7S.3Na/c1-4-3-6(9(11)12)5(2)7(10(13)14)8(4)18(15,16)17;;;/h3H,1-2H3,(H,11,12)(H,13,14)(H,15,16,17);;;/q;3*+1/p-3. The van der Waals surface area contributed by atoms with E-state index in [1.54, 1.807) is 0 Å². The zero-order chi connectivity index (χ0) is 14.2. The van der Waals surface area contributed by atoms with E-state index in [0.717, 1.165) is 19.9 Å². The van der Waals surface area contributed by atoms with E-state index >= 15 is 0 Å². The third kappa shape index (κ3) is 6.23. The Morgan fingerprint density at radius 2 is 1.43 bits per heavy atom. The summed E-state index contributed by atoms with van der Waals surface area (Å²) in [5.41, 5.74) is -2.12. The molecular weight excluding hydrogens is 333 g/mol. The molecule has 98 valence electrons. The molecular formula is C10H7Na3O7S. The molecule has 1 aromatic carbocycles. The topological polar surface area (TPSA) is 137 Å². The molecule has 0 bridgehead atoms. The van der Waals surface area contributed by atoms with Crippen molar-refractivity contribution in [1.29, 1.82) is 0 Å². The molecule has 1 aromatic rings. The van der Waals surface area contributed by atoms with Crippen LogP contribution in [0.3, 0.4) is 0 Å². The first-order chi connectivity index (χ1) is 8.07. The molecule has 0 N–H and O–H groups in total. The van der Waals surface area contributed by atoms with Gasteiger partial charge < -0.3 is 24.4 Å². The first kappa shape index (κ1) is 26.9. The number of benzene rings is 1. The minimum Gasteiger partial charge on any atom is -0.744 e. The average molecular weight is 340 g/mol. The fourth-order valence-electron chi connectivity index (χ4n) is 1.67. The van der Waals surface area contributed by atoms with Crippen LogP contribution in [-0.2, 0) is 10.1 Å². The van der Waals surface area contributed by atoms with E-state index in [4.69, 9.17) is 0 Å². The van der Waals surface area contributed by atoms with Crippen LogP contribution in [0.1, 0.15) is 31.8 Å². The SMILES string of the molecule is Cc1cc(C(=O)[O-])c(C)c(C(=O)[O-])c1S(=O)(=O)[O-].[Na+].[Na+].[Na+]. The van der Waals surface area contributed by atoms with Crippen LogP contribution in [0.15, 0.2) is 11.0 Å². The van der Waals surface area contributed by atoms with E-state index in [9.17, 15) is 32.8 Å². The van der Waals surface area contributed by atoms with Crippen molar-refractivity contribution in [2.45, 2.75) is 18.7 Å². The number of carboxylic acids is 2. The maximum Gasteiger partial charge on any atom is 1.00 e. The van der Waals surface area contributed by atoms with Crippen molar-refractivity contribution in [3.05, 3.63) is 28.3 Å². The second-order valence-electron chi connectivity index (χ2n) is 3.60. The Kier molecular flexibility index (Phi) is 12.9. The van der Waals surface area contributed by atoms with Gasteiger partial charge in [-0.05, 0) is 31.0 Å². The summed E-state index contributed by atoms with van der Waals surface area (Å²) in [5, 5.41) is 21.6. The van der Waals surface area contributed by atoms with Crippen LogP contribution in [-0.4, -0.2) is 24.9 Å². The molecule has 0 spiro atoms. The molecule has 0 unspecified atom stereocenters. The van der Waals surface area contributed by atoms with E-state index in [0.29, 0.717) is 0 Å². The van der Waals surface area contributed by atoms with Gasteiger partial charge in [-0.15, -0.1) is 0 Å². The van der Waals surface area contributed by atoms with E-state index in [-0.39, 0.29) is 94.2 Å². The molecule has 0 atom stereocenters. The fourth-order valence-corrected chi connectivity index (χ4v) is 2.61. The van der Waals surface area contributed by atoms with Gasteiger partial charge in [0.25, 0.3) is 0 Å². The van der Waals surface area contributed by atoms with Gasteiger partial charge in [-0.3, -0.25) is 0 Å². The summed E-state index contributed by atoms with van der Waals surface area (Å²) in [5.74, 6) is -3.61. The number of hydrogen-bond donors (Lipinski definition) is 0. The first-order valence-electron chi connectivity index (χ1n) is 4.60. The Labute approximate surface area is 188 Å². The van der Waals surface area contributed by atoms with Crippen molar-refractivity contribution in [2.75, 3.05) is 0 Å². The van der Waals surface area contributed by atoms with Gasteiger partial charge in [-0.2, -0.15) is 0 Å². The molecule has 0 aliphatic rings. The van der Waals surface area contributed by atoms with Crippen LogP contribution >= 0.6 is 0 Å². The molecule has 1 rings (SSSR count). The second kappa shape index (κ2) is 10.0. The smallest absolute Gasteiger partial charge is 0.744 e. The molecule has 11 heteroatoms. The molecule has 0 amide bonds. The predicted molar refractivity (Wildman–Crippen MR) is 52.5 cm³/mol. The maximum atomic E-state index is 11.0. The van der Waals surface area contributed by atoms with Gasteiger partial charge in [-0.1, -0.05) is 0 Å². The van der Waals surface area contributed by atoms with Crippen LogP contribution < -0.4 is 98.9 Å². The summed E-state index contributed by atoms with van der Waals surface area (Å²) in [4.78, 5) is 20.7. The van der Waals surface area contributed by atoms with E-state index < -0.39 is 43.6 Å². The Morgan fingerprint density at radius 1 is 1.00 bits per heavy atom. The normalized spacial score (nSPS) is 9.67. The van der Waals surface area contributed by atoms with Crippen LogP contribution in [0.25, 0.3) is 0 Å². The zero-order valence-corrected chi connectivity index (χ0v) is 19.2. The second-order valence-corrected chi connectivity index (χ2v) is 4.92. The number of carboxylic acid groups (broad SMARTS) is 2. The average Bonchev–Trinajstić information content (AvgIpc) is 2.17. The number of carbonyl (C=O) groups is 2. The van der Waals surface area contributed by atoms with E-state index in [1.165, 1.54) is 0 Å². The van der Waals surface area contributed by atoms with Gasteiger partial charge in [-0.25, -0.2) is 8.42 Å². The van der Waals surface area contributed by atoms with Crippen LogP contribution in [0.5, 0.6) is 0 Å². The number of aromatic carboxylic acids is 2. The van der Waals surface area contributed by atoms with Gasteiger partial charge in [0.2, 0.25) is 0 Å². The minimum absolute atomic E-state index is 0. The summed E-state index contributed by atoms with van der Waals surface area (Å²) < 4.78 is 33.0. The summed E-state index contributed by atoms with van der Waals surface area (Å²) in [6, 6.07) is 0.877. The van der Waals surface area contributed by atoms with E-state index in [1.807, 2.05) is 0 Å². The van der Waals surface area contributed by atoms with Gasteiger partial charge in [0.15, 0.2) is 0 Å². The molecule has 0 saturated carbocycles. The maximum absolute atomic E-state index is 11.0. The molecule has 0 aromatic heterocycles. The monoisotopic (exact) mass is 340 g/mol. The van der Waals surface area contributed by atoms with Crippen molar-refractivity contribution < 1.29 is 121 Å². The molecule has 0 heterocycles. The zero-order valence-electron chi connectivity index (χ0n) is 12.3. The fraction of sp³-hybridized carbons (Fsp3) is 0.200. The quantitative estimate of drug-likeness (QED) is 0.393. The Hall–Kier alpha value is 1.07. The Morgan fingerprint density at radius 3 is 1.71 bits per heavy atom. The van der Waals surface area contributed by atoms with Crippen molar-refractivity contribution in [1.82, 2.24) is 0 Å². The number of aryl methyl sites for hydroxylation is 1. The molecule has 0 radical (unpaired) electrons. The number of carbonyl (C=O) groups excluding carboxylic acids is 2. The van der Waals surface area contributed by atoms with Crippen molar-refractivity contribution in [3.63, 3.8) is 0 Å². The summed E-state index contributed by atoms with van der Waals surface area (Å²) >= 11 is 0. The predicted octanol–water partition coefficient (Wildman–Crippen LogP) is -11.1. The molecule has 0 aliphatic carbocycles. The van der Waals surface area contributed by atoms with Crippen LogP contribution in [0.2, 0.25) is 0 Å². The van der Waals surface area contributed by atoms with Gasteiger partial charge in [0.05, 0.1) is 16.8 Å². The molecule has 0 fully saturated rings. The molecule has 0 saturated heterocycles. The summed E-state index contributed by atoms with van der Waals surface area (Å²) in [6.07, 6.45) is 0. The van der Waals surface area contributed by atoms with E-state index in [2.05, 4.69) is 0 Å². The number of hydrogen-bond acceptors (Lipinski definition) is 7. The van der Waals surface area contributed by atoms with Gasteiger partial charge >= 0.3 is 88.7 Å². The van der Waals surface area contributed by atoms with Crippen LogP contribution in [0, 0.1) is 13.8 Å². The molecule has 7 nitrogen and oxygen atoms in total.